The van der Waals surface area contributed by atoms with Crippen LogP contribution in [0.25, 0.3) is 0 Å². The summed E-state index contributed by atoms with van der Waals surface area (Å²) in [6.45, 7) is 6.27. The van der Waals surface area contributed by atoms with Crippen molar-refractivity contribution in [1.29, 1.82) is 0 Å². The van der Waals surface area contributed by atoms with Gasteiger partial charge in [0.2, 0.25) is 0 Å². The Morgan fingerprint density at radius 2 is 1.75 bits per heavy atom. The molecule has 0 bridgehead atoms. The van der Waals surface area contributed by atoms with E-state index in [-0.39, 0.29) is 5.79 Å². The fourth-order valence-electron chi connectivity index (χ4n) is 1.75. The first kappa shape index (κ1) is 8.52. The summed E-state index contributed by atoms with van der Waals surface area (Å²) in [5, 5.41) is 0. The predicted molar refractivity (Wildman–Crippen MR) is 46.8 cm³/mol. The van der Waals surface area contributed by atoms with Gasteiger partial charge in [-0.3, -0.25) is 0 Å². The third-order valence-corrected chi connectivity index (χ3v) is 3.18. The van der Waals surface area contributed by atoms with E-state index in [0.717, 1.165) is 26.1 Å². The zero-order chi connectivity index (χ0) is 8.60. The first-order valence-corrected chi connectivity index (χ1v) is 5.00. The van der Waals surface area contributed by atoms with E-state index in [1.807, 2.05) is 0 Å². The molecular formula is C10H18O2. The molecule has 70 valence electrons. The maximum absolute atomic E-state index is 5.75. The van der Waals surface area contributed by atoms with Gasteiger partial charge in [0.25, 0.3) is 0 Å². The van der Waals surface area contributed by atoms with Gasteiger partial charge in [-0.1, -0.05) is 13.8 Å². The third kappa shape index (κ3) is 1.38. The van der Waals surface area contributed by atoms with Gasteiger partial charge >= 0.3 is 0 Å². The summed E-state index contributed by atoms with van der Waals surface area (Å²) >= 11 is 0. The van der Waals surface area contributed by atoms with Crippen molar-refractivity contribution in [2.24, 2.45) is 11.8 Å². The Labute approximate surface area is 74.2 Å². The number of hydrogen-bond acceptors (Lipinski definition) is 2. The summed E-state index contributed by atoms with van der Waals surface area (Å²) in [6, 6.07) is 0. The van der Waals surface area contributed by atoms with Gasteiger partial charge in [-0.2, -0.15) is 0 Å². The third-order valence-electron chi connectivity index (χ3n) is 3.18. The molecule has 0 aromatic heterocycles. The summed E-state index contributed by atoms with van der Waals surface area (Å²) in [5.41, 5.74) is 0. The van der Waals surface area contributed by atoms with Crippen LogP contribution in [0.1, 0.15) is 33.1 Å². The van der Waals surface area contributed by atoms with E-state index in [4.69, 9.17) is 9.47 Å². The lowest BCUT2D eigenvalue weighted by Gasteiger charge is -2.46. The standard InChI is InChI=1S/C10H18O2/c1-8(2)9-6-11-10(12-7-9)4-3-5-10/h8-9H,3-7H2,1-2H3. The highest BCUT2D eigenvalue weighted by Gasteiger charge is 2.43. The van der Waals surface area contributed by atoms with Crippen LogP contribution in [-0.4, -0.2) is 19.0 Å². The van der Waals surface area contributed by atoms with Crippen LogP contribution in [0.15, 0.2) is 0 Å². The zero-order valence-electron chi connectivity index (χ0n) is 8.01. The van der Waals surface area contributed by atoms with Gasteiger partial charge in [0.05, 0.1) is 13.2 Å². The molecule has 0 aromatic carbocycles. The minimum atomic E-state index is -0.134. The van der Waals surface area contributed by atoms with Crippen molar-refractivity contribution >= 4 is 0 Å². The molecule has 1 aliphatic carbocycles. The molecule has 2 heteroatoms. The van der Waals surface area contributed by atoms with Gasteiger partial charge in [-0.25, -0.2) is 0 Å². The van der Waals surface area contributed by atoms with Gasteiger partial charge in [0.15, 0.2) is 5.79 Å². The Morgan fingerprint density at radius 3 is 2.08 bits per heavy atom. The van der Waals surface area contributed by atoms with Crippen LogP contribution in [0.5, 0.6) is 0 Å². The van der Waals surface area contributed by atoms with E-state index in [0.29, 0.717) is 11.8 Å². The molecule has 2 nitrogen and oxygen atoms in total. The molecule has 1 saturated heterocycles. The van der Waals surface area contributed by atoms with E-state index in [1.54, 1.807) is 0 Å². The monoisotopic (exact) mass is 170 g/mol. The SMILES string of the molecule is CC(C)C1COC2(CCC2)OC1. The van der Waals surface area contributed by atoms with E-state index in [9.17, 15) is 0 Å². The highest BCUT2D eigenvalue weighted by Crippen LogP contribution is 2.40. The summed E-state index contributed by atoms with van der Waals surface area (Å²) in [6.07, 6.45) is 3.49. The van der Waals surface area contributed by atoms with Crippen molar-refractivity contribution in [2.45, 2.75) is 38.9 Å². The second kappa shape index (κ2) is 3.00. The molecule has 1 saturated carbocycles. The van der Waals surface area contributed by atoms with Crippen LogP contribution in [0.2, 0.25) is 0 Å². The first-order valence-electron chi connectivity index (χ1n) is 5.00. The second-order valence-corrected chi connectivity index (χ2v) is 4.39. The number of rotatable bonds is 1. The molecule has 2 aliphatic rings. The lowest BCUT2D eigenvalue weighted by atomic mass is 9.88. The fraction of sp³-hybridized carbons (Fsp3) is 1.00. The maximum Gasteiger partial charge on any atom is 0.168 e. The summed E-state index contributed by atoms with van der Waals surface area (Å²) in [4.78, 5) is 0. The number of hydrogen-bond donors (Lipinski definition) is 0. The van der Waals surface area contributed by atoms with Crippen LogP contribution in [0.3, 0.4) is 0 Å². The average molecular weight is 170 g/mol. The summed E-state index contributed by atoms with van der Waals surface area (Å²) in [5.74, 6) is 1.16. The molecule has 1 spiro atoms. The lowest BCUT2D eigenvalue weighted by Crippen LogP contribution is -2.49. The van der Waals surface area contributed by atoms with Crippen LogP contribution in [0, 0.1) is 11.8 Å². The van der Waals surface area contributed by atoms with Crippen molar-refractivity contribution < 1.29 is 9.47 Å². The van der Waals surface area contributed by atoms with Crippen LogP contribution in [0.4, 0.5) is 0 Å². The normalized spacial score (nSPS) is 29.2. The highest BCUT2D eigenvalue weighted by atomic mass is 16.7. The van der Waals surface area contributed by atoms with Crippen molar-refractivity contribution in [3.05, 3.63) is 0 Å². The van der Waals surface area contributed by atoms with Crippen molar-refractivity contribution in [2.75, 3.05) is 13.2 Å². The first-order chi connectivity index (χ1) is 5.72. The minimum Gasteiger partial charge on any atom is -0.350 e. The van der Waals surface area contributed by atoms with E-state index in [1.165, 1.54) is 6.42 Å². The smallest absolute Gasteiger partial charge is 0.168 e. The summed E-state index contributed by atoms with van der Waals surface area (Å²) in [7, 11) is 0. The quantitative estimate of drug-likeness (QED) is 0.600. The molecule has 1 aliphatic heterocycles. The molecule has 0 N–H and O–H groups in total. The van der Waals surface area contributed by atoms with Crippen molar-refractivity contribution in [1.82, 2.24) is 0 Å². The average Bonchev–Trinajstić information content (AvgIpc) is 2.02. The molecular weight excluding hydrogens is 152 g/mol. The predicted octanol–water partition coefficient (Wildman–Crippen LogP) is 2.19. The second-order valence-electron chi connectivity index (χ2n) is 4.39. The molecule has 0 amide bonds. The molecule has 0 unspecified atom stereocenters. The maximum atomic E-state index is 5.75. The molecule has 12 heavy (non-hydrogen) atoms. The Balaban J connectivity index is 1.84. The Morgan fingerprint density at radius 1 is 1.17 bits per heavy atom. The fourth-order valence-corrected chi connectivity index (χ4v) is 1.75. The molecule has 0 atom stereocenters. The van der Waals surface area contributed by atoms with Crippen molar-refractivity contribution in [3.8, 4) is 0 Å². The summed E-state index contributed by atoms with van der Waals surface area (Å²) < 4.78 is 11.5. The van der Waals surface area contributed by atoms with Gasteiger partial charge in [0.1, 0.15) is 0 Å². The highest BCUT2D eigenvalue weighted by molar-refractivity contribution is 4.84. The van der Waals surface area contributed by atoms with E-state index in [2.05, 4.69) is 13.8 Å². The Hall–Kier alpha value is -0.0800. The molecule has 2 fully saturated rings. The van der Waals surface area contributed by atoms with Gasteiger partial charge in [-0.15, -0.1) is 0 Å². The van der Waals surface area contributed by atoms with Gasteiger partial charge in [-0.05, 0) is 12.3 Å². The Bertz CT molecular complexity index is 151. The molecule has 0 radical (unpaired) electrons. The van der Waals surface area contributed by atoms with Crippen LogP contribution >= 0.6 is 0 Å². The zero-order valence-corrected chi connectivity index (χ0v) is 8.01. The van der Waals surface area contributed by atoms with Crippen LogP contribution in [-0.2, 0) is 9.47 Å². The molecule has 0 aromatic rings. The minimum absolute atomic E-state index is 0.134. The van der Waals surface area contributed by atoms with E-state index >= 15 is 0 Å². The van der Waals surface area contributed by atoms with Crippen LogP contribution < -0.4 is 0 Å². The van der Waals surface area contributed by atoms with Crippen molar-refractivity contribution in [3.63, 3.8) is 0 Å². The van der Waals surface area contributed by atoms with Gasteiger partial charge in [0, 0.05) is 18.8 Å². The largest absolute Gasteiger partial charge is 0.350 e. The lowest BCUT2D eigenvalue weighted by molar-refractivity contribution is -0.319. The van der Waals surface area contributed by atoms with E-state index < -0.39 is 0 Å². The van der Waals surface area contributed by atoms with Gasteiger partial charge < -0.3 is 9.47 Å². The molecule has 1 heterocycles. The Kier molecular flexibility index (Phi) is 2.13. The number of ether oxygens (including phenoxy) is 2. The topological polar surface area (TPSA) is 18.5 Å². The molecule has 2 rings (SSSR count).